The summed E-state index contributed by atoms with van der Waals surface area (Å²) < 4.78 is 38.4. The third kappa shape index (κ3) is 4.40. The Morgan fingerprint density at radius 1 is 1.11 bits per heavy atom. The number of ether oxygens (including phenoxy) is 2. The van der Waals surface area contributed by atoms with Gasteiger partial charge in [0.2, 0.25) is 16.8 Å². The third-order valence-corrected chi connectivity index (χ3v) is 5.49. The van der Waals surface area contributed by atoms with E-state index < -0.39 is 10.0 Å². The van der Waals surface area contributed by atoms with Crippen LogP contribution in [0.15, 0.2) is 41.3 Å². The Bertz CT molecular complexity index is 970. The van der Waals surface area contributed by atoms with E-state index >= 15 is 0 Å². The Hall–Kier alpha value is -2.58. The van der Waals surface area contributed by atoms with Gasteiger partial charge in [-0.15, -0.1) is 0 Å². The first-order valence-electron chi connectivity index (χ1n) is 8.56. The fourth-order valence-corrected chi connectivity index (χ4v) is 3.71. The van der Waals surface area contributed by atoms with Crippen LogP contribution in [0.25, 0.3) is 0 Å². The summed E-state index contributed by atoms with van der Waals surface area (Å²) in [5, 5.41) is 2.78. The first-order chi connectivity index (χ1) is 12.8. The lowest BCUT2D eigenvalue weighted by Gasteiger charge is -2.13. The first kappa shape index (κ1) is 19.2. The van der Waals surface area contributed by atoms with E-state index in [9.17, 15) is 13.2 Å². The second-order valence-electron chi connectivity index (χ2n) is 6.62. The zero-order valence-electron chi connectivity index (χ0n) is 15.4. The van der Waals surface area contributed by atoms with Crippen molar-refractivity contribution in [1.29, 1.82) is 0 Å². The van der Waals surface area contributed by atoms with E-state index in [0.717, 1.165) is 5.56 Å². The van der Waals surface area contributed by atoms with Crippen LogP contribution in [0.5, 0.6) is 11.5 Å². The Morgan fingerprint density at radius 2 is 1.85 bits per heavy atom. The van der Waals surface area contributed by atoms with Crippen molar-refractivity contribution >= 4 is 15.9 Å². The maximum atomic E-state index is 12.6. The van der Waals surface area contributed by atoms with Crippen molar-refractivity contribution in [2.75, 3.05) is 6.79 Å². The minimum absolute atomic E-state index is 0.0405. The molecule has 8 heteroatoms. The molecule has 0 unspecified atom stereocenters. The molecule has 0 atom stereocenters. The number of fused-ring (bicyclic) bond motifs is 1. The maximum Gasteiger partial charge on any atom is 0.251 e. The number of carbonyl (C=O) groups is 1. The van der Waals surface area contributed by atoms with E-state index in [2.05, 4.69) is 10.0 Å². The van der Waals surface area contributed by atoms with Crippen LogP contribution < -0.4 is 19.5 Å². The largest absolute Gasteiger partial charge is 0.454 e. The van der Waals surface area contributed by atoms with Gasteiger partial charge < -0.3 is 14.8 Å². The number of amides is 1. The molecule has 0 bridgehead atoms. The van der Waals surface area contributed by atoms with E-state index in [0.29, 0.717) is 22.6 Å². The van der Waals surface area contributed by atoms with Crippen molar-refractivity contribution in [3.8, 4) is 11.5 Å². The van der Waals surface area contributed by atoms with Gasteiger partial charge in [0.25, 0.3) is 5.91 Å². The highest BCUT2D eigenvalue weighted by Crippen LogP contribution is 2.32. The fourth-order valence-electron chi connectivity index (χ4n) is 2.67. The number of rotatable bonds is 6. The number of nitrogens with one attached hydrogen (secondary N) is 2. The second kappa shape index (κ2) is 7.58. The van der Waals surface area contributed by atoms with Crippen molar-refractivity contribution in [2.45, 2.75) is 38.3 Å². The molecule has 0 aromatic heterocycles. The van der Waals surface area contributed by atoms with Gasteiger partial charge in [-0.2, -0.15) is 0 Å². The lowest BCUT2D eigenvalue weighted by Crippen LogP contribution is -2.31. The molecule has 144 valence electrons. The van der Waals surface area contributed by atoms with Crippen LogP contribution >= 0.6 is 0 Å². The first-order valence-corrected chi connectivity index (χ1v) is 10.0. The summed E-state index contributed by atoms with van der Waals surface area (Å²) in [5.41, 5.74) is 1.80. The molecule has 0 saturated carbocycles. The molecule has 7 nitrogen and oxygen atoms in total. The summed E-state index contributed by atoms with van der Waals surface area (Å²) in [6.07, 6.45) is 0. The summed E-state index contributed by atoms with van der Waals surface area (Å²) in [7, 11) is -3.78. The Kier molecular flexibility index (Phi) is 5.38. The van der Waals surface area contributed by atoms with Crippen molar-refractivity contribution in [3.05, 3.63) is 53.1 Å². The molecule has 2 N–H and O–H groups in total. The standard InChI is InChI=1S/C19H22N2O5S/c1-12(2)21-19(22)16-9-15(6-4-13(16)3)27(23,24)20-10-14-5-7-17-18(8-14)26-11-25-17/h4-9,12,20H,10-11H2,1-3H3,(H,21,22). The quantitative estimate of drug-likeness (QED) is 0.790. The zero-order chi connectivity index (χ0) is 19.6. The van der Waals surface area contributed by atoms with Gasteiger partial charge in [-0.05, 0) is 56.2 Å². The van der Waals surface area contributed by atoms with Crippen molar-refractivity contribution in [1.82, 2.24) is 10.0 Å². The molecular weight excluding hydrogens is 368 g/mol. The van der Waals surface area contributed by atoms with Gasteiger partial charge in [0, 0.05) is 18.2 Å². The van der Waals surface area contributed by atoms with Gasteiger partial charge in [-0.1, -0.05) is 12.1 Å². The SMILES string of the molecule is Cc1ccc(S(=O)(=O)NCc2ccc3c(c2)OCO3)cc1C(=O)NC(C)C. The van der Waals surface area contributed by atoms with Crippen molar-refractivity contribution in [3.63, 3.8) is 0 Å². The van der Waals surface area contributed by atoms with Gasteiger partial charge in [0.05, 0.1) is 4.90 Å². The van der Waals surface area contributed by atoms with E-state index in [1.54, 1.807) is 31.2 Å². The molecule has 27 heavy (non-hydrogen) atoms. The van der Waals surface area contributed by atoms with Crippen LogP contribution in [0, 0.1) is 6.92 Å². The molecule has 0 aliphatic carbocycles. The van der Waals surface area contributed by atoms with Crippen molar-refractivity contribution < 1.29 is 22.7 Å². The van der Waals surface area contributed by atoms with Crippen LogP contribution in [0.4, 0.5) is 0 Å². The summed E-state index contributed by atoms with van der Waals surface area (Å²) in [5.74, 6) is 0.936. The summed E-state index contributed by atoms with van der Waals surface area (Å²) >= 11 is 0. The molecule has 0 saturated heterocycles. The predicted octanol–water partition coefficient (Wildman–Crippen LogP) is 2.34. The molecule has 0 spiro atoms. The number of carbonyl (C=O) groups excluding carboxylic acids is 1. The molecular formula is C19H22N2O5S. The van der Waals surface area contributed by atoms with E-state index in [1.165, 1.54) is 12.1 Å². The number of benzene rings is 2. The Labute approximate surface area is 158 Å². The monoisotopic (exact) mass is 390 g/mol. The molecule has 1 amide bonds. The highest BCUT2D eigenvalue weighted by atomic mass is 32.2. The molecule has 1 aliphatic rings. The van der Waals surface area contributed by atoms with E-state index in [-0.39, 0.29) is 30.2 Å². The van der Waals surface area contributed by atoms with Gasteiger partial charge >= 0.3 is 0 Å². The summed E-state index contributed by atoms with van der Waals surface area (Å²) in [6.45, 7) is 5.72. The van der Waals surface area contributed by atoms with Crippen LogP contribution in [0.3, 0.4) is 0 Å². The van der Waals surface area contributed by atoms with Crippen LogP contribution in [0.2, 0.25) is 0 Å². The fraction of sp³-hybridized carbons (Fsp3) is 0.316. The average molecular weight is 390 g/mol. The lowest BCUT2D eigenvalue weighted by molar-refractivity contribution is 0.0942. The highest BCUT2D eigenvalue weighted by molar-refractivity contribution is 7.89. The lowest BCUT2D eigenvalue weighted by atomic mass is 10.1. The van der Waals surface area contributed by atoms with Gasteiger partial charge in [-0.3, -0.25) is 4.79 Å². The van der Waals surface area contributed by atoms with Gasteiger partial charge in [0.1, 0.15) is 0 Å². The maximum absolute atomic E-state index is 12.6. The topological polar surface area (TPSA) is 93.7 Å². The highest BCUT2D eigenvalue weighted by Gasteiger charge is 2.19. The Balaban J connectivity index is 1.77. The van der Waals surface area contributed by atoms with Crippen LogP contribution in [0.1, 0.15) is 35.3 Å². The molecule has 1 heterocycles. The number of sulfonamides is 1. The molecule has 1 aliphatic heterocycles. The van der Waals surface area contributed by atoms with Crippen LogP contribution in [-0.4, -0.2) is 27.2 Å². The average Bonchev–Trinajstić information content (AvgIpc) is 3.07. The summed E-state index contributed by atoms with van der Waals surface area (Å²) in [4.78, 5) is 12.3. The zero-order valence-corrected chi connectivity index (χ0v) is 16.2. The number of aryl methyl sites for hydroxylation is 1. The number of hydrogen-bond donors (Lipinski definition) is 2. The number of hydrogen-bond acceptors (Lipinski definition) is 5. The van der Waals surface area contributed by atoms with Gasteiger partial charge in [0.15, 0.2) is 11.5 Å². The van der Waals surface area contributed by atoms with E-state index in [1.807, 2.05) is 13.8 Å². The summed E-state index contributed by atoms with van der Waals surface area (Å²) in [6, 6.07) is 9.73. The second-order valence-corrected chi connectivity index (χ2v) is 8.38. The molecule has 0 fully saturated rings. The predicted molar refractivity (Wildman–Crippen MR) is 100 cm³/mol. The normalized spacial score (nSPS) is 13.0. The molecule has 0 radical (unpaired) electrons. The molecule has 3 rings (SSSR count). The minimum atomic E-state index is -3.78. The molecule has 2 aromatic carbocycles. The van der Waals surface area contributed by atoms with Gasteiger partial charge in [-0.25, -0.2) is 13.1 Å². The van der Waals surface area contributed by atoms with E-state index in [4.69, 9.17) is 9.47 Å². The minimum Gasteiger partial charge on any atom is -0.454 e. The molecule has 2 aromatic rings. The third-order valence-electron chi connectivity index (χ3n) is 4.09. The van der Waals surface area contributed by atoms with Crippen LogP contribution in [-0.2, 0) is 16.6 Å². The van der Waals surface area contributed by atoms with Crippen molar-refractivity contribution in [2.24, 2.45) is 0 Å². The smallest absolute Gasteiger partial charge is 0.251 e. The Morgan fingerprint density at radius 3 is 2.59 bits per heavy atom.